The van der Waals surface area contributed by atoms with Crippen molar-refractivity contribution in [3.63, 3.8) is 0 Å². The first-order chi connectivity index (χ1) is 11.1. The van der Waals surface area contributed by atoms with Gasteiger partial charge in [0.05, 0.1) is 0 Å². The number of halogens is 3. The summed E-state index contributed by atoms with van der Waals surface area (Å²) in [6.45, 7) is 5.33. The number of unbranched alkanes of at least 4 members (excludes halogenated alkanes) is 1. The van der Waals surface area contributed by atoms with Crippen LogP contribution in [0.25, 0.3) is 0 Å². The predicted octanol–water partition coefficient (Wildman–Crippen LogP) is 4.15. The number of nitrogens with zero attached hydrogens (tertiary/aromatic N) is 1. The average molecular weight is 342 g/mol. The van der Waals surface area contributed by atoms with Crippen LogP contribution >= 0.6 is 0 Å². The Kier molecular flexibility index (Phi) is 5.58. The summed E-state index contributed by atoms with van der Waals surface area (Å²) in [5.74, 6) is -0.353. The fourth-order valence-electron chi connectivity index (χ4n) is 3.28. The zero-order valence-electron chi connectivity index (χ0n) is 14.4. The third-order valence-corrected chi connectivity index (χ3v) is 4.46. The maximum absolute atomic E-state index is 13.5. The molecule has 1 saturated heterocycles. The molecule has 1 heterocycles. The van der Waals surface area contributed by atoms with Gasteiger partial charge in [0, 0.05) is 12.0 Å². The van der Waals surface area contributed by atoms with E-state index in [2.05, 4.69) is 11.5 Å². The van der Waals surface area contributed by atoms with Crippen LogP contribution in [0.2, 0.25) is 0 Å². The van der Waals surface area contributed by atoms with E-state index < -0.39 is 17.8 Å². The molecule has 0 radical (unpaired) electrons. The van der Waals surface area contributed by atoms with Gasteiger partial charge >= 0.3 is 6.18 Å². The molecule has 0 aromatic heterocycles. The van der Waals surface area contributed by atoms with Gasteiger partial charge in [-0.1, -0.05) is 36.2 Å². The second-order valence-corrected chi connectivity index (χ2v) is 7.19. The van der Waals surface area contributed by atoms with Crippen LogP contribution in [0.5, 0.6) is 0 Å². The Balaban J connectivity index is 1.94. The van der Waals surface area contributed by atoms with Gasteiger partial charge in [-0.25, -0.2) is 5.01 Å². The second-order valence-electron chi connectivity index (χ2n) is 7.19. The lowest BCUT2D eigenvalue weighted by molar-refractivity contribution is -0.202. The van der Waals surface area contributed by atoms with E-state index in [0.29, 0.717) is 12.8 Å². The van der Waals surface area contributed by atoms with Gasteiger partial charge in [-0.05, 0) is 45.6 Å². The van der Waals surface area contributed by atoms with Crippen molar-refractivity contribution in [1.82, 2.24) is 10.4 Å². The minimum atomic E-state index is -4.36. The highest BCUT2D eigenvalue weighted by molar-refractivity contribution is 5.78. The molecule has 0 bridgehead atoms. The fraction of sp³-hybridized carbons (Fsp3) is 0.611. The van der Waals surface area contributed by atoms with Crippen LogP contribution in [0, 0.1) is 6.92 Å². The van der Waals surface area contributed by atoms with E-state index in [1.54, 1.807) is 13.8 Å². The monoisotopic (exact) mass is 342 g/mol. The average Bonchev–Trinajstić information content (AvgIpc) is 2.70. The Morgan fingerprint density at radius 2 is 2.00 bits per heavy atom. The lowest BCUT2D eigenvalue weighted by atomic mass is 9.97. The summed E-state index contributed by atoms with van der Waals surface area (Å²) in [6, 6.07) is 6.38. The van der Waals surface area contributed by atoms with Crippen molar-refractivity contribution in [2.24, 2.45) is 0 Å². The van der Waals surface area contributed by atoms with Crippen LogP contribution in [0.3, 0.4) is 0 Å². The van der Waals surface area contributed by atoms with Gasteiger partial charge in [-0.15, -0.1) is 0 Å². The molecule has 1 fully saturated rings. The van der Waals surface area contributed by atoms with Crippen LogP contribution in [-0.2, 0) is 11.2 Å². The van der Waals surface area contributed by atoms with Crippen molar-refractivity contribution in [2.75, 3.05) is 0 Å². The largest absolute Gasteiger partial charge is 0.405 e. The van der Waals surface area contributed by atoms with Crippen LogP contribution in [0.15, 0.2) is 24.3 Å². The summed E-state index contributed by atoms with van der Waals surface area (Å²) >= 11 is 0. The molecule has 1 aromatic rings. The molecule has 134 valence electrons. The Hall–Kier alpha value is -1.56. The summed E-state index contributed by atoms with van der Waals surface area (Å²) in [5.41, 5.74) is 3.87. The van der Waals surface area contributed by atoms with Crippen molar-refractivity contribution >= 4 is 5.91 Å². The van der Waals surface area contributed by atoms with E-state index in [1.807, 2.05) is 25.1 Å². The number of carbonyl (C=O) groups excluding carboxylic acids is 1. The lowest BCUT2D eigenvalue weighted by Crippen LogP contribution is -2.56. The number of amides is 1. The standard InChI is InChI=1S/C18H25F3N2O/c1-13-7-6-9-14(11-13)8-4-5-10-15(18(19,20)21)23-17(2,3)12-16(24)22-23/h6-7,9,11,15H,4-5,8,10,12H2,1-3H3,(H,22,24)/t15-/m0/s1. The number of hydrogen-bond donors (Lipinski definition) is 1. The molecule has 1 aliphatic heterocycles. The zero-order valence-corrected chi connectivity index (χ0v) is 14.4. The first-order valence-electron chi connectivity index (χ1n) is 8.31. The maximum Gasteiger partial charge on any atom is 0.405 e. The third kappa shape index (κ3) is 4.72. The molecule has 1 N–H and O–H groups in total. The normalized spacial score (nSPS) is 19.3. The van der Waals surface area contributed by atoms with Crippen molar-refractivity contribution < 1.29 is 18.0 Å². The van der Waals surface area contributed by atoms with E-state index in [9.17, 15) is 18.0 Å². The Labute approximate surface area is 141 Å². The molecular weight excluding hydrogens is 317 g/mol. The van der Waals surface area contributed by atoms with Gasteiger partial charge in [-0.2, -0.15) is 13.2 Å². The Morgan fingerprint density at radius 1 is 1.29 bits per heavy atom. The minimum absolute atomic E-state index is 0.0149. The van der Waals surface area contributed by atoms with E-state index in [0.717, 1.165) is 22.6 Å². The number of hydrazine groups is 1. The maximum atomic E-state index is 13.5. The smallest absolute Gasteiger partial charge is 0.288 e. The summed E-state index contributed by atoms with van der Waals surface area (Å²) in [4.78, 5) is 11.5. The molecule has 1 aliphatic rings. The number of aryl methyl sites for hydroxylation is 2. The first kappa shape index (κ1) is 18.8. The van der Waals surface area contributed by atoms with E-state index >= 15 is 0 Å². The lowest BCUT2D eigenvalue weighted by Gasteiger charge is -2.37. The Bertz CT molecular complexity index is 584. The van der Waals surface area contributed by atoms with Gasteiger partial charge in [0.1, 0.15) is 6.04 Å². The molecule has 0 spiro atoms. The van der Waals surface area contributed by atoms with Gasteiger partial charge in [0.2, 0.25) is 5.91 Å². The molecule has 0 unspecified atom stereocenters. The van der Waals surface area contributed by atoms with Crippen molar-refractivity contribution in [1.29, 1.82) is 0 Å². The molecular formula is C18H25F3N2O. The predicted molar refractivity (Wildman–Crippen MR) is 87.3 cm³/mol. The Morgan fingerprint density at radius 3 is 2.54 bits per heavy atom. The number of nitrogens with one attached hydrogen (secondary N) is 1. The number of alkyl halides is 3. The highest BCUT2D eigenvalue weighted by Crippen LogP contribution is 2.35. The highest BCUT2D eigenvalue weighted by atomic mass is 19.4. The zero-order chi connectivity index (χ0) is 18.0. The van der Waals surface area contributed by atoms with Gasteiger partial charge in [-0.3, -0.25) is 10.2 Å². The number of carbonyl (C=O) groups is 1. The SMILES string of the molecule is Cc1cccc(CCCC[C@H](N2NC(=O)CC2(C)C)C(F)(F)F)c1. The molecule has 24 heavy (non-hydrogen) atoms. The highest BCUT2D eigenvalue weighted by Gasteiger charge is 2.51. The second kappa shape index (κ2) is 7.13. The van der Waals surface area contributed by atoms with Crippen LogP contribution < -0.4 is 5.43 Å². The number of rotatable bonds is 6. The van der Waals surface area contributed by atoms with Crippen molar-refractivity contribution in [2.45, 2.75) is 70.6 Å². The van der Waals surface area contributed by atoms with Crippen LogP contribution in [0.4, 0.5) is 13.2 Å². The first-order valence-corrected chi connectivity index (χ1v) is 8.31. The third-order valence-electron chi connectivity index (χ3n) is 4.46. The van der Waals surface area contributed by atoms with Crippen LogP contribution in [0.1, 0.15) is 50.7 Å². The molecule has 1 atom stereocenters. The van der Waals surface area contributed by atoms with E-state index in [1.165, 1.54) is 0 Å². The molecule has 0 aliphatic carbocycles. The molecule has 1 amide bonds. The fourth-order valence-corrected chi connectivity index (χ4v) is 3.28. The summed E-state index contributed by atoms with van der Waals surface area (Å²) in [6.07, 6.45) is -2.37. The molecule has 1 aromatic carbocycles. The van der Waals surface area contributed by atoms with Gasteiger partial charge < -0.3 is 0 Å². The van der Waals surface area contributed by atoms with Gasteiger partial charge in [0.15, 0.2) is 0 Å². The number of benzene rings is 1. The topological polar surface area (TPSA) is 32.3 Å². The quantitative estimate of drug-likeness (QED) is 0.788. The van der Waals surface area contributed by atoms with Crippen molar-refractivity contribution in [3.8, 4) is 0 Å². The summed E-state index contributed by atoms with van der Waals surface area (Å²) in [5, 5.41) is 1.10. The van der Waals surface area contributed by atoms with Gasteiger partial charge in [0.25, 0.3) is 0 Å². The minimum Gasteiger partial charge on any atom is -0.288 e. The van der Waals surface area contributed by atoms with E-state index in [4.69, 9.17) is 0 Å². The molecule has 3 nitrogen and oxygen atoms in total. The van der Waals surface area contributed by atoms with E-state index in [-0.39, 0.29) is 18.7 Å². The summed E-state index contributed by atoms with van der Waals surface area (Å²) < 4.78 is 40.4. The molecule has 0 saturated carbocycles. The summed E-state index contributed by atoms with van der Waals surface area (Å²) in [7, 11) is 0. The molecule has 6 heteroatoms. The number of hydrogen-bond acceptors (Lipinski definition) is 2. The van der Waals surface area contributed by atoms with Crippen molar-refractivity contribution in [3.05, 3.63) is 35.4 Å². The van der Waals surface area contributed by atoms with Crippen LogP contribution in [-0.4, -0.2) is 28.7 Å². The molecule has 2 rings (SSSR count).